The van der Waals surface area contributed by atoms with Crippen molar-refractivity contribution in [3.05, 3.63) is 57.8 Å². The lowest BCUT2D eigenvalue weighted by molar-refractivity contribution is 0.601. The summed E-state index contributed by atoms with van der Waals surface area (Å²) in [6.07, 6.45) is 1.41. The van der Waals surface area contributed by atoms with Gasteiger partial charge in [-0.15, -0.1) is 0 Å². The van der Waals surface area contributed by atoms with E-state index in [2.05, 4.69) is 9.82 Å². The maximum Gasteiger partial charge on any atom is 0.290 e. The summed E-state index contributed by atoms with van der Waals surface area (Å²) in [6, 6.07) is 6.84. The number of hydrogen-bond donors (Lipinski definition) is 1. The maximum absolute atomic E-state index is 12.6. The van der Waals surface area contributed by atoms with Gasteiger partial charge in [0.1, 0.15) is 16.2 Å². The number of fused-ring (bicyclic) bond motifs is 1. The summed E-state index contributed by atoms with van der Waals surface area (Å²) in [4.78, 5) is 12.2. The van der Waals surface area contributed by atoms with Crippen molar-refractivity contribution in [3.8, 4) is 0 Å². The summed E-state index contributed by atoms with van der Waals surface area (Å²) < 4.78 is 30.5. The maximum atomic E-state index is 12.6. The van der Waals surface area contributed by atoms with Gasteiger partial charge in [-0.2, -0.15) is 5.10 Å². The van der Waals surface area contributed by atoms with Crippen LogP contribution in [0.5, 0.6) is 0 Å². The molecule has 3 rings (SSSR count). The first-order valence-electron chi connectivity index (χ1n) is 7.34. The summed E-state index contributed by atoms with van der Waals surface area (Å²) in [7, 11) is -2.27. The number of anilines is 1. The smallest absolute Gasteiger partial charge is 0.290 e. The van der Waals surface area contributed by atoms with E-state index in [1.165, 1.54) is 28.4 Å². The Morgan fingerprint density at radius 1 is 1.04 bits per heavy atom. The number of sulfonamides is 1. The van der Waals surface area contributed by atoms with E-state index in [1.54, 1.807) is 19.1 Å². The van der Waals surface area contributed by atoms with E-state index in [9.17, 15) is 13.2 Å². The van der Waals surface area contributed by atoms with Crippen LogP contribution < -0.4 is 10.3 Å². The third-order valence-electron chi connectivity index (χ3n) is 3.74. The van der Waals surface area contributed by atoms with E-state index < -0.39 is 10.0 Å². The zero-order valence-electron chi connectivity index (χ0n) is 13.9. The number of aryl methyl sites for hydroxylation is 4. The van der Waals surface area contributed by atoms with Crippen molar-refractivity contribution < 1.29 is 8.42 Å². The molecule has 3 aromatic rings. The highest BCUT2D eigenvalue weighted by Crippen LogP contribution is 2.20. The Bertz CT molecular complexity index is 1090. The molecule has 0 saturated carbocycles. The van der Waals surface area contributed by atoms with Crippen LogP contribution in [0.15, 0.2) is 40.2 Å². The topological polar surface area (TPSA) is 85.5 Å². The predicted molar refractivity (Wildman–Crippen MR) is 91.9 cm³/mol. The molecule has 1 aromatic carbocycles. The molecule has 1 N–H and O–H groups in total. The van der Waals surface area contributed by atoms with E-state index >= 15 is 0 Å². The Labute approximate surface area is 139 Å². The lowest BCUT2D eigenvalue weighted by Crippen LogP contribution is -2.22. The lowest BCUT2D eigenvalue weighted by atomic mass is 10.1. The standard InChI is InChI=1S/C16H18N4O3S/c1-10-5-11(2)7-13(6-10)18-24(22,23)14-8-15-16(21)19(4)17-12(3)20(15)9-14/h5-9,18H,1-4H3. The predicted octanol–water partition coefficient (Wildman–Crippen LogP) is 1.76. The molecule has 8 heteroatoms. The van der Waals surface area contributed by atoms with Crippen LogP contribution in [0.25, 0.3) is 5.52 Å². The van der Waals surface area contributed by atoms with Gasteiger partial charge in [0.25, 0.3) is 15.6 Å². The van der Waals surface area contributed by atoms with Gasteiger partial charge < -0.3 is 0 Å². The molecule has 0 aliphatic rings. The number of hydrogen-bond acceptors (Lipinski definition) is 4. The molecule has 2 heterocycles. The van der Waals surface area contributed by atoms with Crippen LogP contribution in [0.3, 0.4) is 0 Å². The Morgan fingerprint density at radius 2 is 1.67 bits per heavy atom. The fraction of sp³-hybridized carbons (Fsp3) is 0.250. The molecule has 0 spiro atoms. The zero-order valence-corrected chi connectivity index (χ0v) is 14.7. The second-order valence-electron chi connectivity index (χ2n) is 5.89. The second kappa shape index (κ2) is 5.48. The molecule has 126 valence electrons. The molecule has 0 aliphatic heterocycles. The summed E-state index contributed by atoms with van der Waals surface area (Å²) in [6.45, 7) is 5.51. The summed E-state index contributed by atoms with van der Waals surface area (Å²) in [5, 5.41) is 4.06. The SMILES string of the molecule is Cc1cc(C)cc(NS(=O)(=O)c2cc3c(=O)n(C)nc(C)n3c2)c1. The first kappa shape index (κ1) is 16.3. The van der Waals surface area contributed by atoms with Crippen molar-refractivity contribution >= 4 is 21.2 Å². The minimum Gasteiger partial charge on any atom is -0.298 e. The summed E-state index contributed by atoms with van der Waals surface area (Å²) in [5.41, 5.74) is 2.33. The highest BCUT2D eigenvalue weighted by Gasteiger charge is 2.19. The first-order chi connectivity index (χ1) is 11.2. The fourth-order valence-corrected chi connectivity index (χ4v) is 3.80. The molecule has 24 heavy (non-hydrogen) atoms. The summed E-state index contributed by atoms with van der Waals surface area (Å²) in [5.74, 6) is 0.528. The van der Waals surface area contributed by atoms with Crippen molar-refractivity contribution in [3.63, 3.8) is 0 Å². The minimum absolute atomic E-state index is 0.0230. The first-order valence-corrected chi connectivity index (χ1v) is 8.83. The van der Waals surface area contributed by atoms with E-state index in [4.69, 9.17) is 0 Å². The Balaban J connectivity index is 2.10. The monoisotopic (exact) mass is 346 g/mol. The highest BCUT2D eigenvalue weighted by molar-refractivity contribution is 7.92. The van der Waals surface area contributed by atoms with Crippen molar-refractivity contribution in [2.75, 3.05) is 4.72 Å². The number of aromatic nitrogens is 3. The van der Waals surface area contributed by atoms with Gasteiger partial charge in [0.15, 0.2) is 0 Å². The van der Waals surface area contributed by atoms with E-state index in [0.29, 0.717) is 11.5 Å². The fourth-order valence-electron chi connectivity index (χ4n) is 2.74. The van der Waals surface area contributed by atoms with E-state index in [-0.39, 0.29) is 16.0 Å². The number of benzene rings is 1. The normalized spacial score (nSPS) is 11.8. The summed E-state index contributed by atoms with van der Waals surface area (Å²) >= 11 is 0. The van der Waals surface area contributed by atoms with Crippen molar-refractivity contribution in [1.82, 2.24) is 14.2 Å². The quantitative estimate of drug-likeness (QED) is 0.783. The van der Waals surface area contributed by atoms with Crippen LogP contribution >= 0.6 is 0 Å². The Hall–Kier alpha value is -2.61. The Morgan fingerprint density at radius 3 is 2.29 bits per heavy atom. The number of rotatable bonds is 3. The molecule has 7 nitrogen and oxygen atoms in total. The molecule has 0 radical (unpaired) electrons. The minimum atomic E-state index is -3.80. The van der Waals surface area contributed by atoms with Crippen LogP contribution in [0.2, 0.25) is 0 Å². The van der Waals surface area contributed by atoms with Crippen molar-refractivity contribution in [2.24, 2.45) is 7.05 Å². The van der Waals surface area contributed by atoms with E-state index in [1.807, 2.05) is 19.9 Å². The average Bonchev–Trinajstić information content (AvgIpc) is 2.90. The average molecular weight is 346 g/mol. The number of nitrogens with zero attached hydrogens (tertiary/aromatic N) is 3. The van der Waals surface area contributed by atoms with Crippen LogP contribution in [0.1, 0.15) is 17.0 Å². The molecule has 0 saturated heterocycles. The largest absolute Gasteiger partial charge is 0.298 e. The van der Waals surface area contributed by atoms with Gasteiger partial charge in [-0.25, -0.2) is 13.1 Å². The van der Waals surface area contributed by atoms with Gasteiger partial charge in [0, 0.05) is 18.9 Å². The molecule has 0 unspecified atom stereocenters. The molecule has 2 aromatic heterocycles. The van der Waals surface area contributed by atoms with Gasteiger partial charge >= 0.3 is 0 Å². The van der Waals surface area contributed by atoms with Crippen LogP contribution in [-0.2, 0) is 17.1 Å². The van der Waals surface area contributed by atoms with Gasteiger partial charge in [-0.05, 0) is 50.1 Å². The van der Waals surface area contributed by atoms with Crippen LogP contribution in [0.4, 0.5) is 5.69 Å². The third kappa shape index (κ3) is 2.80. The molecule has 0 amide bonds. The van der Waals surface area contributed by atoms with Crippen LogP contribution in [-0.4, -0.2) is 22.6 Å². The number of nitrogens with one attached hydrogen (secondary N) is 1. The highest BCUT2D eigenvalue weighted by atomic mass is 32.2. The van der Waals surface area contributed by atoms with Gasteiger partial charge in [0.05, 0.1) is 0 Å². The molecule has 0 bridgehead atoms. The van der Waals surface area contributed by atoms with Crippen LogP contribution in [0, 0.1) is 20.8 Å². The molecule has 0 fully saturated rings. The molecular formula is C16H18N4O3S. The van der Waals surface area contributed by atoms with Gasteiger partial charge in [0.2, 0.25) is 0 Å². The van der Waals surface area contributed by atoms with Gasteiger partial charge in [-0.1, -0.05) is 6.07 Å². The lowest BCUT2D eigenvalue weighted by Gasteiger charge is -2.08. The third-order valence-corrected chi connectivity index (χ3v) is 5.08. The van der Waals surface area contributed by atoms with Gasteiger partial charge in [-0.3, -0.25) is 13.9 Å². The zero-order chi connectivity index (χ0) is 17.6. The second-order valence-corrected chi connectivity index (χ2v) is 7.57. The molecule has 0 aliphatic carbocycles. The van der Waals surface area contributed by atoms with E-state index in [0.717, 1.165) is 11.1 Å². The van der Waals surface area contributed by atoms with Crippen molar-refractivity contribution in [1.29, 1.82) is 0 Å². The molecular weight excluding hydrogens is 328 g/mol. The Kier molecular flexibility index (Phi) is 3.71. The van der Waals surface area contributed by atoms with Crippen molar-refractivity contribution in [2.45, 2.75) is 25.7 Å². The molecule has 0 atom stereocenters.